The zero-order chi connectivity index (χ0) is 11.5. The highest BCUT2D eigenvalue weighted by atomic mass is 16.5. The Hall–Kier alpha value is -2.16. The predicted molar refractivity (Wildman–Crippen MR) is 64.9 cm³/mol. The number of carbonyl (C=O) groups is 1. The molecule has 0 amide bonds. The van der Waals surface area contributed by atoms with Gasteiger partial charge in [0.25, 0.3) is 0 Å². The molecule has 0 aromatic rings. The molecule has 3 nitrogen and oxygen atoms in total. The van der Waals surface area contributed by atoms with Gasteiger partial charge in [0.1, 0.15) is 6.26 Å². The summed E-state index contributed by atoms with van der Waals surface area (Å²) in [6.07, 6.45) is 18.8. The average molecular weight is 215 g/mol. The molecule has 1 rings (SSSR count). The Morgan fingerprint density at radius 1 is 1.06 bits per heavy atom. The molecular formula is C13H13NO2. The van der Waals surface area contributed by atoms with Gasteiger partial charge < -0.3 is 4.74 Å². The number of hydrogen-bond donors (Lipinski definition) is 0. The van der Waals surface area contributed by atoms with Crippen molar-refractivity contribution in [3.63, 3.8) is 0 Å². The monoisotopic (exact) mass is 215 g/mol. The number of nitrogens with zero attached hydrogens (tertiary/aromatic N) is 1. The van der Waals surface area contributed by atoms with Crippen LogP contribution in [0.2, 0.25) is 0 Å². The summed E-state index contributed by atoms with van der Waals surface area (Å²) in [7, 11) is 0. The molecular weight excluding hydrogens is 202 g/mol. The SMILES string of the molecule is O=C1/C=C\C\C=C/C=C\C=N\C=C/O/C=C\1. The maximum Gasteiger partial charge on any atom is 0.181 e. The normalized spacial score (nSPS) is 28.9. The largest absolute Gasteiger partial charge is 0.471 e. The van der Waals surface area contributed by atoms with Gasteiger partial charge in [-0.15, -0.1) is 0 Å². The first-order chi connectivity index (χ1) is 7.89. The maximum atomic E-state index is 11.2. The third-order valence-electron chi connectivity index (χ3n) is 1.62. The van der Waals surface area contributed by atoms with E-state index >= 15 is 0 Å². The number of carbonyl (C=O) groups excluding carboxylic acids is 1. The summed E-state index contributed by atoms with van der Waals surface area (Å²) < 4.78 is 4.91. The Kier molecular flexibility index (Phi) is 6.09. The van der Waals surface area contributed by atoms with Crippen molar-refractivity contribution in [2.75, 3.05) is 0 Å². The number of aliphatic imine (C=N–C) groups is 1. The summed E-state index contributed by atoms with van der Waals surface area (Å²) in [4.78, 5) is 15.1. The summed E-state index contributed by atoms with van der Waals surface area (Å²) >= 11 is 0. The van der Waals surface area contributed by atoms with E-state index in [2.05, 4.69) is 4.99 Å². The zero-order valence-corrected chi connectivity index (χ0v) is 8.82. The van der Waals surface area contributed by atoms with Gasteiger partial charge in [-0.25, -0.2) is 0 Å². The van der Waals surface area contributed by atoms with Gasteiger partial charge in [0.15, 0.2) is 5.78 Å². The number of hydrogen-bond acceptors (Lipinski definition) is 3. The van der Waals surface area contributed by atoms with E-state index in [0.29, 0.717) is 0 Å². The lowest BCUT2D eigenvalue weighted by Gasteiger charge is -1.86. The molecule has 0 saturated carbocycles. The molecule has 1 aliphatic heterocycles. The van der Waals surface area contributed by atoms with Crippen LogP contribution in [0.15, 0.2) is 66.2 Å². The van der Waals surface area contributed by atoms with Gasteiger partial charge in [-0.1, -0.05) is 24.3 Å². The van der Waals surface area contributed by atoms with Crippen molar-refractivity contribution in [3.8, 4) is 0 Å². The van der Waals surface area contributed by atoms with Gasteiger partial charge >= 0.3 is 0 Å². The summed E-state index contributed by atoms with van der Waals surface area (Å²) in [5, 5.41) is 0. The molecule has 0 aromatic heterocycles. The van der Waals surface area contributed by atoms with Gasteiger partial charge in [0, 0.05) is 12.3 Å². The Morgan fingerprint density at radius 3 is 2.94 bits per heavy atom. The van der Waals surface area contributed by atoms with E-state index in [1.54, 1.807) is 12.3 Å². The molecule has 16 heavy (non-hydrogen) atoms. The van der Waals surface area contributed by atoms with Crippen LogP contribution >= 0.6 is 0 Å². The number of ketones is 1. The molecule has 0 aromatic carbocycles. The third kappa shape index (κ3) is 6.32. The first-order valence-electron chi connectivity index (χ1n) is 4.92. The van der Waals surface area contributed by atoms with Crippen LogP contribution in [0.25, 0.3) is 0 Å². The van der Waals surface area contributed by atoms with E-state index in [9.17, 15) is 4.79 Å². The van der Waals surface area contributed by atoms with Gasteiger partial charge in [-0.2, -0.15) is 0 Å². The molecule has 0 aliphatic carbocycles. The number of rotatable bonds is 0. The minimum absolute atomic E-state index is 0.101. The Labute approximate surface area is 94.8 Å². The van der Waals surface area contributed by atoms with Crippen molar-refractivity contribution in [1.82, 2.24) is 0 Å². The Balaban J connectivity index is 2.64. The van der Waals surface area contributed by atoms with Crippen LogP contribution in [0.1, 0.15) is 6.42 Å². The highest BCUT2D eigenvalue weighted by molar-refractivity contribution is 5.98. The van der Waals surface area contributed by atoms with Crippen molar-refractivity contribution < 1.29 is 9.53 Å². The molecule has 0 bridgehead atoms. The molecule has 0 fully saturated rings. The second-order valence-corrected chi connectivity index (χ2v) is 2.88. The minimum atomic E-state index is -0.101. The van der Waals surface area contributed by atoms with Gasteiger partial charge in [0.05, 0.1) is 12.5 Å². The lowest BCUT2D eigenvalue weighted by molar-refractivity contribution is -0.110. The predicted octanol–water partition coefficient (Wildman–Crippen LogP) is 2.70. The lowest BCUT2D eigenvalue weighted by Crippen LogP contribution is -1.84. The molecule has 0 atom stereocenters. The van der Waals surface area contributed by atoms with Crippen LogP contribution in [-0.2, 0) is 9.53 Å². The fraction of sp³-hybridized carbons (Fsp3) is 0.0769. The van der Waals surface area contributed by atoms with E-state index in [-0.39, 0.29) is 5.78 Å². The molecule has 0 spiro atoms. The molecule has 0 radical (unpaired) electrons. The lowest BCUT2D eigenvalue weighted by atomic mass is 10.3. The molecule has 1 heterocycles. The van der Waals surface area contributed by atoms with Crippen molar-refractivity contribution in [2.45, 2.75) is 6.42 Å². The molecule has 3 heteroatoms. The molecule has 0 saturated heterocycles. The first kappa shape index (κ1) is 11.9. The van der Waals surface area contributed by atoms with E-state index in [4.69, 9.17) is 4.74 Å². The first-order valence-corrected chi connectivity index (χ1v) is 4.92. The smallest absolute Gasteiger partial charge is 0.181 e. The number of ether oxygens (including phenoxy) is 1. The summed E-state index contributed by atoms with van der Waals surface area (Å²) in [6.45, 7) is 0. The fourth-order valence-electron chi connectivity index (χ4n) is 0.911. The van der Waals surface area contributed by atoms with Crippen LogP contribution in [0.4, 0.5) is 0 Å². The van der Waals surface area contributed by atoms with Crippen molar-refractivity contribution >= 4 is 12.0 Å². The number of allylic oxidation sites excluding steroid dienone is 7. The van der Waals surface area contributed by atoms with Crippen LogP contribution in [0.5, 0.6) is 0 Å². The van der Waals surface area contributed by atoms with Crippen molar-refractivity contribution in [2.24, 2.45) is 4.99 Å². The van der Waals surface area contributed by atoms with E-state index in [0.717, 1.165) is 6.42 Å². The minimum Gasteiger partial charge on any atom is -0.471 e. The Morgan fingerprint density at radius 2 is 2.00 bits per heavy atom. The average Bonchev–Trinajstić information content (AvgIpc) is 2.29. The maximum absolute atomic E-state index is 11.2. The highest BCUT2D eigenvalue weighted by Crippen LogP contribution is 1.90. The molecule has 82 valence electrons. The van der Waals surface area contributed by atoms with E-state index in [1.165, 1.54) is 30.9 Å². The molecule has 1 aliphatic rings. The fourth-order valence-corrected chi connectivity index (χ4v) is 0.911. The summed E-state index contributed by atoms with van der Waals surface area (Å²) in [6, 6.07) is 0. The highest BCUT2D eigenvalue weighted by Gasteiger charge is 1.86. The van der Waals surface area contributed by atoms with Gasteiger partial charge in [-0.05, 0) is 18.6 Å². The second kappa shape index (κ2) is 8.17. The standard InChI is InChI=1S/C13H13NO2/c15-13-7-5-3-1-2-4-6-9-14-10-12-16-11-8-13/h1-2,4-12H,3H2/b2-1-,6-4-,7-5-,11-8-,12-10-,14-9+. The van der Waals surface area contributed by atoms with E-state index in [1.807, 2.05) is 24.3 Å². The van der Waals surface area contributed by atoms with Crippen molar-refractivity contribution in [1.29, 1.82) is 0 Å². The molecule has 0 N–H and O–H groups in total. The Bertz CT molecular complexity index is 349. The second-order valence-electron chi connectivity index (χ2n) is 2.88. The van der Waals surface area contributed by atoms with Gasteiger partial charge in [-0.3, -0.25) is 9.79 Å². The van der Waals surface area contributed by atoms with Crippen LogP contribution in [0, 0.1) is 0 Å². The van der Waals surface area contributed by atoms with Crippen LogP contribution in [0.3, 0.4) is 0 Å². The van der Waals surface area contributed by atoms with Crippen molar-refractivity contribution in [3.05, 3.63) is 61.3 Å². The third-order valence-corrected chi connectivity index (χ3v) is 1.62. The quantitative estimate of drug-likeness (QED) is 0.623. The summed E-state index contributed by atoms with van der Waals surface area (Å²) in [5.74, 6) is -0.101. The zero-order valence-electron chi connectivity index (χ0n) is 8.82. The van der Waals surface area contributed by atoms with Crippen LogP contribution < -0.4 is 0 Å². The van der Waals surface area contributed by atoms with E-state index < -0.39 is 0 Å². The topological polar surface area (TPSA) is 38.7 Å². The van der Waals surface area contributed by atoms with Gasteiger partial charge in [0.2, 0.25) is 0 Å². The molecule has 0 unspecified atom stereocenters. The van der Waals surface area contributed by atoms with Crippen LogP contribution in [-0.4, -0.2) is 12.0 Å². The summed E-state index contributed by atoms with van der Waals surface area (Å²) in [5.41, 5.74) is 0.